The number of nitrogens with zero attached hydrogens (tertiary/aromatic N) is 1. The third-order valence-corrected chi connectivity index (χ3v) is 5.68. The molecule has 0 aliphatic carbocycles. The normalized spacial score (nSPS) is 17.0. The van der Waals surface area contributed by atoms with Gasteiger partial charge >= 0.3 is 0 Å². The van der Waals surface area contributed by atoms with Gasteiger partial charge in [0.2, 0.25) is 5.91 Å². The Morgan fingerprint density at radius 1 is 1.25 bits per heavy atom. The number of nitrogens with one attached hydrogen (secondary N) is 1. The zero-order valence-electron chi connectivity index (χ0n) is 13.2. The van der Waals surface area contributed by atoms with E-state index in [-0.39, 0.29) is 17.9 Å². The number of rotatable bonds is 5. The molecule has 1 aromatic heterocycles. The topological polar surface area (TPSA) is 49.4 Å². The third-order valence-electron chi connectivity index (χ3n) is 4.18. The summed E-state index contributed by atoms with van der Waals surface area (Å²) >= 11 is 5.05. The van der Waals surface area contributed by atoms with Crippen molar-refractivity contribution in [2.24, 2.45) is 0 Å². The van der Waals surface area contributed by atoms with E-state index in [1.807, 2.05) is 23.1 Å². The van der Waals surface area contributed by atoms with E-state index in [1.54, 1.807) is 23.5 Å². The van der Waals surface area contributed by atoms with Gasteiger partial charge in [0.25, 0.3) is 5.91 Å². The van der Waals surface area contributed by atoms with Crippen molar-refractivity contribution in [2.75, 3.05) is 13.1 Å². The Morgan fingerprint density at radius 2 is 2.04 bits per heavy atom. The van der Waals surface area contributed by atoms with Crippen molar-refractivity contribution >= 4 is 39.1 Å². The number of amides is 2. The lowest BCUT2D eigenvalue weighted by atomic mass is 10.2. The Balaban J connectivity index is 1.50. The van der Waals surface area contributed by atoms with Gasteiger partial charge in [-0.05, 0) is 48.6 Å². The zero-order valence-corrected chi connectivity index (χ0v) is 15.6. The van der Waals surface area contributed by atoms with Crippen LogP contribution in [0, 0.1) is 0 Å². The van der Waals surface area contributed by atoms with E-state index in [2.05, 4.69) is 32.7 Å². The molecule has 4 nitrogen and oxygen atoms in total. The van der Waals surface area contributed by atoms with Gasteiger partial charge in [0, 0.05) is 34.4 Å². The zero-order chi connectivity index (χ0) is 16.9. The maximum absolute atomic E-state index is 12.5. The van der Waals surface area contributed by atoms with Crippen LogP contribution in [-0.2, 0) is 4.79 Å². The van der Waals surface area contributed by atoms with Gasteiger partial charge in [0.1, 0.15) is 0 Å². The highest BCUT2D eigenvalue weighted by atomic mass is 79.9. The van der Waals surface area contributed by atoms with Gasteiger partial charge in [-0.15, -0.1) is 11.3 Å². The molecular formula is C18H19BrN2O2S. The number of thiophene rings is 1. The van der Waals surface area contributed by atoms with Gasteiger partial charge in [0.15, 0.2) is 0 Å². The molecule has 0 radical (unpaired) electrons. The van der Waals surface area contributed by atoms with Gasteiger partial charge in [-0.3, -0.25) is 9.59 Å². The van der Waals surface area contributed by atoms with Crippen molar-refractivity contribution in [3.8, 4) is 0 Å². The summed E-state index contributed by atoms with van der Waals surface area (Å²) in [7, 11) is 0. The monoisotopic (exact) mass is 406 g/mol. The van der Waals surface area contributed by atoms with Crippen LogP contribution in [0.1, 0.15) is 40.5 Å². The summed E-state index contributed by atoms with van der Waals surface area (Å²) in [6.07, 6.45) is 2.40. The Bertz CT molecular complexity index is 700. The van der Waals surface area contributed by atoms with Gasteiger partial charge in [-0.1, -0.05) is 22.0 Å². The van der Waals surface area contributed by atoms with Gasteiger partial charge < -0.3 is 10.2 Å². The molecule has 3 rings (SSSR count). The minimum absolute atomic E-state index is 0.113. The summed E-state index contributed by atoms with van der Waals surface area (Å²) in [5.41, 5.74) is 0.600. The molecule has 2 heterocycles. The summed E-state index contributed by atoms with van der Waals surface area (Å²) in [5.74, 6) is -0.0338. The Morgan fingerprint density at radius 3 is 2.75 bits per heavy atom. The molecule has 1 fully saturated rings. The summed E-state index contributed by atoms with van der Waals surface area (Å²) < 4.78 is 0.933. The third kappa shape index (κ3) is 4.05. The number of hydrogen-bond donors (Lipinski definition) is 1. The molecule has 126 valence electrons. The fourth-order valence-corrected chi connectivity index (χ4v) is 4.11. The predicted octanol–water partition coefficient (Wildman–Crippen LogP) is 3.99. The molecule has 1 atom stereocenters. The SMILES string of the molecule is O=C(NCCC(=O)N1CCCC1c1cccs1)c1ccc(Br)cc1. The van der Waals surface area contributed by atoms with E-state index in [0.717, 1.165) is 23.9 Å². The fraction of sp³-hybridized carbons (Fsp3) is 0.333. The van der Waals surface area contributed by atoms with E-state index in [1.165, 1.54) is 4.88 Å². The largest absolute Gasteiger partial charge is 0.352 e. The number of hydrogen-bond acceptors (Lipinski definition) is 3. The van der Waals surface area contributed by atoms with E-state index in [9.17, 15) is 9.59 Å². The molecule has 1 saturated heterocycles. The molecule has 0 saturated carbocycles. The molecule has 24 heavy (non-hydrogen) atoms. The summed E-state index contributed by atoms with van der Waals surface area (Å²) in [5, 5.41) is 4.87. The molecule has 1 aliphatic rings. The first-order valence-electron chi connectivity index (χ1n) is 8.02. The highest BCUT2D eigenvalue weighted by Crippen LogP contribution is 2.34. The van der Waals surface area contributed by atoms with E-state index < -0.39 is 0 Å². The Labute approximate surface area is 154 Å². The Kier molecular flexibility index (Phi) is 5.68. The van der Waals surface area contributed by atoms with Crippen molar-refractivity contribution in [2.45, 2.75) is 25.3 Å². The molecule has 1 aromatic carbocycles. The lowest BCUT2D eigenvalue weighted by Gasteiger charge is -2.24. The van der Waals surface area contributed by atoms with Gasteiger partial charge in [0.05, 0.1) is 6.04 Å². The molecule has 0 spiro atoms. The van der Waals surface area contributed by atoms with Crippen molar-refractivity contribution in [3.63, 3.8) is 0 Å². The van der Waals surface area contributed by atoms with Gasteiger partial charge in [-0.25, -0.2) is 0 Å². The smallest absolute Gasteiger partial charge is 0.251 e. The standard InChI is InChI=1S/C18H19BrN2O2S/c19-14-7-5-13(6-8-14)18(23)20-10-9-17(22)21-11-1-3-15(21)16-4-2-12-24-16/h2,4-8,12,15H,1,3,9-11H2,(H,20,23). The minimum atomic E-state index is -0.147. The number of benzene rings is 1. The molecule has 6 heteroatoms. The van der Waals surface area contributed by atoms with Crippen LogP contribution in [0.5, 0.6) is 0 Å². The van der Waals surface area contributed by atoms with Crippen LogP contribution < -0.4 is 5.32 Å². The predicted molar refractivity (Wildman–Crippen MR) is 99.1 cm³/mol. The average Bonchev–Trinajstić information content (AvgIpc) is 3.26. The first kappa shape index (κ1) is 17.2. The van der Waals surface area contributed by atoms with Crippen molar-refractivity contribution in [1.29, 1.82) is 0 Å². The maximum Gasteiger partial charge on any atom is 0.251 e. The second-order valence-electron chi connectivity index (χ2n) is 5.77. The van der Waals surface area contributed by atoms with Crippen LogP contribution in [0.2, 0.25) is 0 Å². The quantitative estimate of drug-likeness (QED) is 0.815. The molecule has 2 amide bonds. The van der Waals surface area contributed by atoms with Crippen molar-refractivity contribution in [1.82, 2.24) is 10.2 Å². The number of carbonyl (C=O) groups is 2. The first-order chi connectivity index (χ1) is 11.6. The highest BCUT2D eigenvalue weighted by molar-refractivity contribution is 9.10. The lowest BCUT2D eigenvalue weighted by Crippen LogP contribution is -2.34. The van der Waals surface area contributed by atoms with E-state index in [4.69, 9.17) is 0 Å². The molecule has 1 N–H and O–H groups in total. The summed E-state index contributed by atoms with van der Waals surface area (Å²) in [4.78, 5) is 27.8. The second kappa shape index (κ2) is 7.94. The molecular weight excluding hydrogens is 388 g/mol. The van der Waals surface area contributed by atoms with E-state index >= 15 is 0 Å². The van der Waals surface area contributed by atoms with Crippen LogP contribution in [0.25, 0.3) is 0 Å². The molecule has 1 unspecified atom stereocenters. The average molecular weight is 407 g/mol. The number of halogens is 1. The van der Waals surface area contributed by atoms with Crippen LogP contribution in [0.4, 0.5) is 0 Å². The molecule has 0 bridgehead atoms. The second-order valence-corrected chi connectivity index (χ2v) is 7.67. The lowest BCUT2D eigenvalue weighted by molar-refractivity contribution is -0.131. The molecule has 1 aliphatic heterocycles. The summed E-state index contributed by atoms with van der Waals surface area (Å²) in [6.45, 7) is 1.17. The fourth-order valence-electron chi connectivity index (χ4n) is 2.97. The summed E-state index contributed by atoms with van der Waals surface area (Å²) in [6, 6.07) is 11.5. The van der Waals surface area contributed by atoms with Crippen LogP contribution >= 0.6 is 27.3 Å². The van der Waals surface area contributed by atoms with Crippen molar-refractivity contribution in [3.05, 3.63) is 56.7 Å². The van der Waals surface area contributed by atoms with E-state index in [0.29, 0.717) is 18.5 Å². The maximum atomic E-state index is 12.5. The van der Waals surface area contributed by atoms with Crippen molar-refractivity contribution < 1.29 is 9.59 Å². The Hall–Kier alpha value is -1.66. The van der Waals surface area contributed by atoms with Crippen LogP contribution in [0.15, 0.2) is 46.3 Å². The van der Waals surface area contributed by atoms with Crippen LogP contribution in [0.3, 0.4) is 0 Å². The first-order valence-corrected chi connectivity index (χ1v) is 9.69. The van der Waals surface area contributed by atoms with Crippen LogP contribution in [-0.4, -0.2) is 29.8 Å². The number of carbonyl (C=O) groups excluding carboxylic acids is 2. The number of likely N-dealkylation sites (tertiary alicyclic amines) is 1. The highest BCUT2D eigenvalue weighted by Gasteiger charge is 2.30. The minimum Gasteiger partial charge on any atom is -0.352 e. The molecule has 2 aromatic rings. The van der Waals surface area contributed by atoms with Gasteiger partial charge in [-0.2, -0.15) is 0 Å².